The number of nitrogens with two attached hydrogens (primary N) is 1. The van der Waals surface area contributed by atoms with Gasteiger partial charge < -0.3 is 10.5 Å². The highest BCUT2D eigenvalue weighted by Crippen LogP contribution is 2.32. The lowest BCUT2D eigenvalue weighted by Gasteiger charge is -2.11. The van der Waals surface area contributed by atoms with E-state index < -0.39 is 0 Å². The molecule has 98 valence electrons. The number of nitrogens with zero attached hydrogens (tertiary/aromatic N) is 1. The molecule has 2 rings (SSSR count). The number of nitrogen functional groups attached to an aromatic ring is 1. The van der Waals surface area contributed by atoms with Crippen LogP contribution in [0.25, 0.3) is 0 Å². The van der Waals surface area contributed by atoms with Gasteiger partial charge in [-0.15, -0.1) is 0 Å². The number of aryl methyl sites for hydroxylation is 1. The minimum absolute atomic E-state index is 0.139. The predicted molar refractivity (Wildman–Crippen MR) is 76.5 cm³/mol. The first-order chi connectivity index (χ1) is 8.99. The van der Waals surface area contributed by atoms with Gasteiger partial charge >= 0.3 is 0 Å². The summed E-state index contributed by atoms with van der Waals surface area (Å²) in [6.07, 6.45) is 1.48. The number of hydrogen-bond acceptors (Lipinski definition) is 3. The molecule has 0 fully saturated rings. The summed E-state index contributed by atoms with van der Waals surface area (Å²) < 4.78 is 5.63. The van der Waals surface area contributed by atoms with Crippen molar-refractivity contribution < 1.29 is 4.74 Å². The van der Waals surface area contributed by atoms with Gasteiger partial charge in [-0.3, -0.25) is 5.41 Å². The Kier molecular flexibility index (Phi) is 3.93. The van der Waals surface area contributed by atoms with Crippen molar-refractivity contribution in [3.63, 3.8) is 0 Å². The summed E-state index contributed by atoms with van der Waals surface area (Å²) in [6.45, 7) is 1.88. The Morgan fingerprint density at radius 2 is 2.05 bits per heavy atom. The molecule has 1 heterocycles. The van der Waals surface area contributed by atoms with Gasteiger partial charge in [-0.2, -0.15) is 0 Å². The van der Waals surface area contributed by atoms with E-state index in [9.17, 15) is 0 Å². The minimum atomic E-state index is -0.139. The summed E-state index contributed by atoms with van der Waals surface area (Å²) in [5.74, 6) is 0.613. The molecule has 6 heteroatoms. The maximum Gasteiger partial charge on any atom is 0.238 e. The van der Waals surface area contributed by atoms with E-state index >= 15 is 0 Å². The van der Waals surface area contributed by atoms with Crippen LogP contribution >= 0.6 is 23.2 Å². The molecule has 0 spiro atoms. The zero-order chi connectivity index (χ0) is 14.0. The standard InChI is InChI=1S/C13H11Cl2N3O/c1-7-2-3-8(14)6-10(7)19-13-11(15)9(12(16)17)4-5-18-13/h2-6H,1H3,(H3,16,17). The van der Waals surface area contributed by atoms with E-state index in [2.05, 4.69) is 4.98 Å². The van der Waals surface area contributed by atoms with Crippen molar-refractivity contribution >= 4 is 29.0 Å². The molecule has 0 unspecified atom stereocenters. The number of hydrogen-bond donors (Lipinski definition) is 2. The number of amidine groups is 1. The van der Waals surface area contributed by atoms with Crippen LogP contribution in [0.15, 0.2) is 30.5 Å². The monoisotopic (exact) mass is 295 g/mol. The normalized spacial score (nSPS) is 10.3. The molecule has 1 aromatic heterocycles. The molecular formula is C13H11Cl2N3O. The van der Waals surface area contributed by atoms with E-state index in [0.29, 0.717) is 16.3 Å². The first-order valence-corrected chi connectivity index (χ1v) is 6.17. The van der Waals surface area contributed by atoms with Crippen molar-refractivity contribution in [1.82, 2.24) is 4.98 Å². The van der Waals surface area contributed by atoms with Crippen LogP contribution < -0.4 is 10.5 Å². The second-order valence-electron chi connectivity index (χ2n) is 3.90. The van der Waals surface area contributed by atoms with Crippen LogP contribution in [-0.4, -0.2) is 10.8 Å². The van der Waals surface area contributed by atoms with Crippen LogP contribution in [0.1, 0.15) is 11.1 Å². The lowest BCUT2D eigenvalue weighted by molar-refractivity contribution is 0.459. The highest BCUT2D eigenvalue weighted by molar-refractivity contribution is 6.35. The maximum absolute atomic E-state index is 7.42. The third kappa shape index (κ3) is 2.97. The van der Waals surface area contributed by atoms with Gasteiger partial charge in [0.15, 0.2) is 0 Å². The number of ether oxygens (including phenoxy) is 1. The minimum Gasteiger partial charge on any atom is -0.437 e. The van der Waals surface area contributed by atoms with Crippen LogP contribution in [0.2, 0.25) is 10.0 Å². The first kappa shape index (κ1) is 13.6. The van der Waals surface area contributed by atoms with Gasteiger partial charge in [0.05, 0.1) is 0 Å². The fourth-order valence-corrected chi connectivity index (χ4v) is 1.91. The number of aromatic nitrogens is 1. The lowest BCUT2D eigenvalue weighted by atomic mass is 10.2. The van der Waals surface area contributed by atoms with Crippen LogP contribution in [0.4, 0.5) is 0 Å². The van der Waals surface area contributed by atoms with Gasteiger partial charge in [-0.25, -0.2) is 4.98 Å². The third-order valence-corrected chi connectivity index (χ3v) is 3.10. The van der Waals surface area contributed by atoms with E-state index in [0.717, 1.165) is 5.56 Å². The van der Waals surface area contributed by atoms with E-state index in [4.69, 9.17) is 39.1 Å². The fraction of sp³-hybridized carbons (Fsp3) is 0.0769. The first-order valence-electron chi connectivity index (χ1n) is 5.42. The smallest absolute Gasteiger partial charge is 0.238 e. The lowest BCUT2D eigenvalue weighted by Crippen LogP contribution is -2.12. The molecule has 0 radical (unpaired) electrons. The Balaban J connectivity index is 2.41. The maximum atomic E-state index is 7.42. The second kappa shape index (κ2) is 5.47. The molecule has 4 nitrogen and oxygen atoms in total. The summed E-state index contributed by atoms with van der Waals surface area (Å²) in [5, 5.41) is 8.18. The van der Waals surface area contributed by atoms with Gasteiger partial charge in [0.2, 0.25) is 5.88 Å². The number of rotatable bonds is 3. The van der Waals surface area contributed by atoms with E-state index in [1.165, 1.54) is 6.20 Å². The van der Waals surface area contributed by atoms with Gasteiger partial charge in [0.1, 0.15) is 16.6 Å². The number of halogens is 2. The topological polar surface area (TPSA) is 72.0 Å². The predicted octanol–water partition coefficient (Wildman–Crippen LogP) is 3.77. The van der Waals surface area contributed by atoms with Gasteiger partial charge in [0.25, 0.3) is 0 Å². The van der Waals surface area contributed by atoms with Crippen molar-refractivity contribution in [1.29, 1.82) is 5.41 Å². The zero-order valence-corrected chi connectivity index (χ0v) is 11.6. The summed E-state index contributed by atoms with van der Waals surface area (Å²) in [7, 11) is 0. The van der Waals surface area contributed by atoms with E-state index in [1.807, 2.05) is 13.0 Å². The largest absolute Gasteiger partial charge is 0.437 e. The average molecular weight is 296 g/mol. The molecule has 2 aromatic rings. The van der Waals surface area contributed by atoms with E-state index in [-0.39, 0.29) is 16.7 Å². The number of benzene rings is 1. The molecule has 0 saturated heterocycles. The quantitative estimate of drug-likeness (QED) is 0.669. The molecule has 0 amide bonds. The summed E-state index contributed by atoms with van der Waals surface area (Å²) in [6, 6.07) is 6.84. The van der Waals surface area contributed by atoms with Crippen LogP contribution in [-0.2, 0) is 0 Å². The van der Waals surface area contributed by atoms with Crippen molar-refractivity contribution in [2.45, 2.75) is 6.92 Å². The molecular weight excluding hydrogens is 285 g/mol. The van der Waals surface area contributed by atoms with Gasteiger partial charge in [0, 0.05) is 16.8 Å². The van der Waals surface area contributed by atoms with Crippen LogP contribution in [0.5, 0.6) is 11.6 Å². The van der Waals surface area contributed by atoms with Crippen molar-refractivity contribution in [2.75, 3.05) is 0 Å². The highest BCUT2D eigenvalue weighted by atomic mass is 35.5. The Labute approximate surface area is 120 Å². The van der Waals surface area contributed by atoms with Gasteiger partial charge in [-0.05, 0) is 30.7 Å². The molecule has 0 bridgehead atoms. The molecule has 0 aliphatic heterocycles. The summed E-state index contributed by atoms with van der Waals surface area (Å²) in [5.41, 5.74) is 6.70. The summed E-state index contributed by atoms with van der Waals surface area (Å²) >= 11 is 12.0. The Bertz CT molecular complexity index is 644. The molecule has 0 aliphatic carbocycles. The number of pyridine rings is 1. The molecule has 0 aliphatic rings. The van der Waals surface area contributed by atoms with Crippen molar-refractivity contribution in [3.8, 4) is 11.6 Å². The van der Waals surface area contributed by atoms with Crippen molar-refractivity contribution in [3.05, 3.63) is 51.6 Å². The number of nitrogens with one attached hydrogen (secondary N) is 1. The molecule has 0 saturated carbocycles. The van der Waals surface area contributed by atoms with E-state index in [1.54, 1.807) is 18.2 Å². The highest BCUT2D eigenvalue weighted by Gasteiger charge is 2.12. The Hall–Kier alpha value is -1.78. The summed E-state index contributed by atoms with van der Waals surface area (Å²) in [4.78, 5) is 4.04. The second-order valence-corrected chi connectivity index (χ2v) is 4.72. The SMILES string of the molecule is Cc1ccc(Cl)cc1Oc1nccc(C(=N)N)c1Cl. The Morgan fingerprint density at radius 1 is 1.32 bits per heavy atom. The van der Waals surface area contributed by atoms with Crippen LogP contribution in [0.3, 0.4) is 0 Å². The average Bonchev–Trinajstić information content (AvgIpc) is 2.36. The fourth-order valence-electron chi connectivity index (χ4n) is 1.49. The molecule has 19 heavy (non-hydrogen) atoms. The molecule has 0 atom stereocenters. The Morgan fingerprint density at radius 3 is 2.74 bits per heavy atom. The third-order valence-electron chi connectivity index (χ3n) is 2.50. The molecule has 1 aromatic carbocycles. The molecule has 3 N–H and O–H groups in total. The van der Waals surface area contributed by atoms with Gasteiger partial charge in [-0.1, -0.05) is 29.3 Å². The zero-order valence-electron chi connectivity index (χ0n) is 10.1. The van der Waals surface area contributed by atoms with Crippen molar-refractivity contribution in [2.24, 2.45) is 5.73 Å². The van der Waals surface area contributed by atoms with Crippen LogP contribution in [0, 0.1) is 12.3 Å².